The zero-order chi connectivity index (χ0) is 18.3. The summed E-state index contributed by atoms with van der Waals surface area (Å²) in [5.41, 5.74) is 1.50. The molecule has 1 saturated heterocycles. The number of rotatable bonds is 7. The average Bonchev–Trinajstić information content (AvgIpc) is 2.58. The Kier molecular flexibility index (Phi) is 7.79. The molecule has 0 spiro atoms. The quantitative estimate of drug-likeness (QED) is 0.597. The Morgan fingerprint density at radius 2 is 1.76 bits per heavy atom. The second-order valence-corrected chi connectivity index (χ2v) is 8.96. The summed E-state index contributed by atoms with van der Waals surface area (Å²) in [5.74, 6) is 0.617. The maximum Gasteiger partial charge on any atom is 0.230 e. The van der Waals surface area contributed by atoms with Gasteiger partial charge in [0.15, 0.2) is 0 Å². The van der Waals surface area contributed by atoms with Crippen molar-refractivity contribution in [3.63, 3.8) is 0 Å². The van der Waals surface area contributed by atoms with E-state index in [4.69, 9.17) is 0 Å². The van der Waals surface area contributed by atoms with Crippen molar-refractivity contribution in [1.29, 1.82) is 0 Å². The van der Waals surface area contributed by atoms with Crippen molar-refractivity contribution in [1.82, 2.24) is 15.1 Å². The highest BCUT2D eigenvalue weighted by molar-refractivity contribution is 8.00. The fourth-order valence-electron chi connectivity index (χ4n) is 2.85. The predicted molar refractivity (Wildman–Crippen MR) is 107 cm³/mol. The number of nitrogens with zero attached hydrogens (tertiary/aromatic N) is 2. The van der Waals surface area contributed by atoms with Gasteiger partial charge in [-0.1, -0.05) is 32.9 Å². The Hall–Kier alpha value is -1.04. The summed E-state index contributed by atoms with van der Waals surface area (Å²) < 4.78 is 0. The first-order valence-corrected chi connectivity index (χ1v) is 10.2. The molecular formula is C20H33N3OS. The molecular weight excluding hydrogens is 330 g/mol. The number of carbonyl (C=O) groups is 1. The third kappa shape index (κ3) is 7.38. The second kappa shape index (κ2) is 9.60. The molecule has 0 saturated carbocycles. The molecule has 5 heteroatoms. The standard InChI is InChI=1S/C20H33N3OS/c1-20(2,3)17-6-8-18(9-7-17)25-16-19(24)21-10-5-11-23-14-12-22(4)13-15-23/h6-9H,5,10-16H2,1-4H3,(H,21,24). The maximum absolute atomic E-state index is 12.0. The van der Waals surface area contributed by atoms with Crippen LogP contribution in [-0.4, -0.2) is 67.8 Å². The van der Waals surface area contributed by atoms with Gasteiger partial charge in [0.25, 0.3) is 0 Å². The molecule has 2 rings (SSSR count). The van der Waals surface area contributed by atoms with Crippen LogP contribution in [0.1, 0.15) is 32.8 Å². The summed E-state index contributed by atoms with van der Waals surface area (Å²) in [6.45, 7) is 13.1. The van der Waals surface area contributed by atoms with E-state index in [1.807, 2.05) is 0 Å². The van der Waals surface area contributed by atoms with E-state index in [-0.39, 0.29) is 11.3 Å². The zero-order valence-corrected chi connectivity index (χ0v) is 17.0. The van der Waals surface area contributed by atoms with Gasteiger partial charge in [-0.25, -0.2) is 0 Å². The number of benzene rings is 1. The molecule has 1 aromatic carbocycles. The third-order valence-electron chi connectivity index (χ3n) is 4.66. The van der Waals surface area contributed by atoms with Crippen molar-refractivity contribution >= 4 is 17.7 Å². The number of nitrogens with one attached hydrogen (secondary N) is 1. The Labute approximate surface area is 157 Å². The van der Waals surface area contributed by atoms with Gasteiger partial charge in [0.05, 0.1) is 5.75 Å². The van der Waals surface area contributed by atoms with Crippen LogP contribution in [0.25, 0.3) is 0 Å². The molecule has 25 heavy (non-hydrogen) atoms. The van der Waals surface area contributed by atoms with Crippen LogP contribution in [0.2, 0.25) is 0 Å². The summed E-state index contributed by atoms with van der Waals surface area (Å²) in [7, 11) is 2.17. The van der Waals surface area contributed by atoms with E-state index < -0.39 is 0 Å². The van der Waals surface area contributed by atoms with Gasteiger partial charge in [0, 0.05) is 37.6 Å². The first-order valence-electron chi connectivity index (χ1n) is 9.25. The van der Waals surface area contributed by atoms with Crippen LogP contribution >= 0.6 is 11.8 Å². The first kappa shape index (κ1) is 20.3. The Bertz CT molecular complexity index is 531. The summed E-state index contributed by atoms with van der Waals surface area (Å²) >= 11 is 1.61. The van der Waals surface area contributed by atoms with Crippen molar-refractivity contribution in [3.05, 3.63) is 29.8 Å². The van der Waals surface area contributed by atoms with Crippen molar-refractivity contribution in [2.24, 2.45) is 0 Å². The largest absolute Gasteiger partial charge is 0.355 e. The molecule has 1 heterocycles. The van der Waals surface area contributed by atoms with Gasteiger partial charge in [-0.05, 0) is 43.1 Å². The highest BCUT2D eigenvalue weighted by Gasteiger charge is 2.14. The van der Waals surface area contributed by atoms with E-state index in [1.165, 1.54) is 5.56 Å². The van der Waals surface area contributed by atoms with Crippen molar-refractivity contribution in [2.45, 2.75) is 37.5 Å². The molecule has 1 N–H and O–H groups in total. The summed E-state index contributed by atoms with van der Waals surface area (Å²) in [6, 6.07) is 8.56. The van der Waals surface area contributed by atoms with Gasteiger partial charge in [0.1, 0.15) is 0 Å². The molecule has 1 amide bonds. The number of likely N-dealkylation sites (N-methyl/N-ethyl adjacent to an activating group) is 1. The molecule has 0 aliphatic carbocycles. The number of amides is 1. The number of piperazine rings is 1. The van der Waals surface area contributed by atoms with Gasteiger partial charge in [-0.15, -0.1) is 11.8 Å². The van der Waals surface area contributed by atoms with Crippen LogP contribution in [0.3, 0.4) is 0 Å². The van der Waals surface area contributed by atoms with Crippen LogP contribution in [0.4, 0.5) is 0 Å². The molecule has 1 aromatic rings. The molecule has 1 aliphatic heterocycles. The van der Waals surface area contributed by atoms with Gasteiger partial charge >= 0.3 is 0 Å². The predicted octanol–water partition coefficient (Wildman–Crippen LogP) is 2.83. The molecule has 140 valence electrons. The molecule has 4 nitrogen and oxygen atoms in total. The van der Waals surface area contributed by atoms with E-state index >= 15 is 0 Å². The maximum atomic E-state index is 12.0. The first-order chi connectivity index (χ1) is 11.8. The fourth-order valence-corrected chi connectivity index (χ4v) is 3.58. The van der Waals surface area contributed by atoms with E-state index in [9.17, 15) is 4.79 Å². The summed E-state index contributed by atoms with van der Waals surface area (Å²) in [6.07, 6.45) is 1.03. The molecule has 0 bridgehead atoms. The van der Waals surface area contributed by atoms with Gasteiger partial charge in [-0.2, -0.15) is 0 Å². The van der Waals surface area contributed by atoms with Gasteiger partial charge in [-0.3, -0.25) is 4.79 Å². The smallest absolute Gasteiger partial charge is 0.230 e. The monoisotopic (exact) mass is 363 g/mol. The number of carbonyl (C=O) groups excluding carboxylic acids is 1. The van der Waals surface area contributed by atoms with E-state index in [0.717, 1.165) is 50.6 Å². The third-order valence-corrected chi connectivity index (χ3v) is 5.67. The van der Waals surface area contributed by atoms with Crippen LogP contribution in [0.5, 0.6) is 0 Å². The van der Waals surface area contributed by atoms with Crippen LogP contribution in [0, 0.1) is 0 Å². The zero-order valence-electron chi connectivity index (χ0n) is 16.2. The van der Waals surface area contributed by atoms with E-state index in [0.29, 0.717) is 5.75 Å². The lowest BCUT2D eigenvalue weighted by Gasteiger charge is -2.32. The lowest BCUT2D eigenvalue weighted by molar-refractivity contribution is -0.118. The number of hydrogen-bond donors (Lipinski definition) is 1. The highest BCUT2D eigenvalue weighted by Crippen LogP contribution is 2.25. The summed E-state index contributed by atoms with van der Waals surface area (Å²) in [5, 5.41) is 3.04. The minimum absolute atomic E-state index is 0.128. The lowest BCUT2D eigenvalue weighted by atomic mass is 9.87. The minimum Gasteiger partial charge on any atom is -0.355 e. The molecule has 1 aliphatic rings. The van der Waals surface area contributed by atoms with Crippen LogP contribution in [0.15, 0.2) is 29.2 Å². The molecule has 0 radical (unpaired) electrons. The molecule has 0 atom stereocenters. The fraction of sp³-hybridized carbons (Fsp3) is 0.650. The second-order valence-electron chi connectivity index (χ2n) is 7.91. The van der Waals surface area contributed by atoms with Gasteiger partial charge in [0.2, 0.25) is 5.91 Å². The molecule has 0 unspecified atom stereocenters. The Balaban J connectivity index is 1.59. The van der Waals surface area contributed by atoms with Gasteiger partial charge < -0.3 is 15.1 Å². The Morgan fingerprint density at radius 1 is 1.12 bits per heavy atom. The molecule has 1 fully saturated rings. The van der Waals surface area contributed by atoms with Crippen molar-refractivity contribution in [3.8, 4) is 0 Å². The average molecular weight is 364 g/mol. The topological polar surface area (TPSA) is 35.6 Å². The number of thioether (sulfide) groups is 1. The number of hydrogen-bond acceptors (Lipinski definition) is 4. The SMILES string of the molecule is CN1CCN(CCCNC(=O)CSc2ccc(C(C)(C)C)cc2)CC1. The minimum atomic E-state index is 0.128. The lowest BCUT2D eigenvalue weighted by Crippen LogP contribution is -2.45. The highest BCUT2D eigenvalue weighted by atomic mass is 32.2. The van der Waals surface area contributed by atoms with E-state index in [2.05, 4.69) is 67.2 Å². The summed E-state index contributed by atoms with van der Waals surface area (Å²) in [4.78, 5) is 18.0. The van der Waals surface area contributed by atoms with Crippen LogP contribution < -0.4 is 5.32 Å². The molecule has 0 aromatic heterocycles. The van der Waals surface area contributed by atoms with Crippen LogP contribution in [-0.2, 0) is 10.2 Å². The normalized spacial score (nSPS) is 16.8. The van der Waals surface area contributed by atoms with Crippen molar-refractivity contribution < 1.29 is 4.79 Å². The van der Waals surface area contributed by atoms with E-state index in [1.54, 1.807) is 11.8 Å². The Morgan fingerprint density at radius 3 is 2.36 bits per heavy atom. The van der Waals surface area contributed by atoms with Crippen molar-refractivity contribution in [2.75, 3.05) is 52.1 Å².